The number of benzene rings is 2. The minimum atomic E-state index is -0.292. The van der Waals surface area contributed by atoms with E-state index in [1.54, 1.807) is 14.2 Å². The second kappa shape index (κ2) is 11.3. The Kier molecular flexibility index (Phi) is 8.20. The molecule has 2 aromatic carbocycles. The summed E-state index contributed by atoms with van der Waals surface area (Å²) in [5.41, 5.74) is 2.68. The van der Waals surface area contributed by atoms with E-state index in [1.807, 2.05) is 48.5 Å². The van der Waals surface area contributed by atoms with E-state index in [4.69, 9.17) is 10.1 Å². The number of nitrogens with zero attached hydrogens (tertiary/aromatic N) is 1. The molecule has 2 aromatic rings. The van der Waals surface area contributed by atoms with Gasteiger partial charge in [-0.05, 0) is 11.1 Å². The number of hydrogen-bond donors (Lipinski definition) is 4. The van der Waals surface area contributed by atoms with Crippen molar-refractivity contribution in [1.29, 1.82) is 5.41 Å². The highest BCUT2D eigenvalue weighted by molar-refractivity contribution is 6.09. The van der Waals surface area contributed by atoms with Crippen LogP contribution < -0.4 is 16.0 Å². The summed E-state index contributed by atoms with van der Waals surface area (Å²) in [4.78, 5) is 15.2. The molecule has 164 valence electrons. The fourth-order valence-electron chi connectivity index (χ4n) is 3.97. The molecule has 0 radical (unpaired) electrons. The van der Waals surface area contributed by atoms with E-state index in [1.165, 1.54) is 11.8 Å². The van der Waals surface area contributed by atoms with Crippen LogP contribution in [-0.2, 0) is 4.74 Å². The summed E-state index contributed by atoms with van der Waals surface area (Å²) < 4.78 is 5.23. The van der Waals surface area contributed by atoms with Gasteiger partial charge in [-0.2, -0.15) is 0 Å². The largest absolute Gasteiger partial charge is 0.383 e. The van der Waals surface area contributed by atoms with Gasteiger partial charge in [0.2, 0.25) is 0 Å². The Balaban J connectivity index is 1.74. The Morgan fingerprint density at radius 2 is 1.81 bits per heavy atom. The highest BCUT2D eigenvalue weighted by atomic mass is 16.5. The van der Waals surface area contributed by atoms with E-state index >= 15 is 0 Å². The molecule has 0 spiro atoms. The standard InChI is InChI=1S/C24H31N5O2/c1-26-23(20(15-25)18-9-5-3-6-10-18)28-24(30)27-22-17-29(13-14-31-2)16-21(22)19-11-7-4-8-12-19/h3-12,15,21-22,25-26H,13-14,16-17H2,1-2H3,(H2,27,28,30)/b23-20-,25-15?/t21-,22+/m0/s1. The third-order valence-electron chi connectivity index (χ3n) is 5.54. The van der Waals surface area contributed by atoms with Gasteiger partial charge in [-0.1, -0.05) is 60.7 Å². The lowest BCUT2D eigenvalue weighted by Gasteiger charge is -2.22. The molecule has 2 atom stereocenters. The number of ether oxygens (including phenoxy) is 1. The maximum Gasteiger partial charge on any atom is 0.320 e. The van der Waals surface area contributed by atoms with Crippen LogP contribution in [0.4, 0.5) is 4.79 Å². The van der Waals surface area contributed by atoms with E-state index in [-0.39, 0.29) is 18.0 Å². The number of carbonyl (C=O) groups excluding carboxylic acids is 1. The SMILES string of the molecule is CN/C(NC(=O)N[C@@H]1CN(CCOC)C[C@H]1c1ccccc1)=C(\C=N)c1ccccc1. The van der Waals surface area contributed by atoms with E-state index in [9.17, 15) is 4.79 Å². The molecule has 0 bridgehead atoms. The molecule has 0 unspecified atom stereocenters. The van der Waals surface area contributed by atoms with Crippen molar-refractivity contribution in [2.45, 2.75) is 12.0 Å². The van der Waals surface area contributed by atoms with Crippen molar-refractivity contribution < 1.29 is 9.53 Å². The van der Waals surface area contributed by atoms with Crippen LogP contribution >= 0.6 is 0 Å². The Morgan fingerprint density at radius 3 is 2.42 bits per heavy atom. The first kappa shape index (κ1) is 22.5. The summed E-state index contributed by atoms with van der Waals surface area (Å²) >= 11 is 0. The minimum absolute atomic E-state index is 0.0301. The molecule has 31 heavy (non-hydrogen) atoms. The van der Waals surface area contributed by atoms with Crippen molar-refractivity contribution in [3.8, 4) is 0 Å². The summed E-state index contributed by atoms with van der Waals surface area (Å²) in [6.45, 7) is 3.11. The van der Waals surface area contributed by atoms with Crippen LogP contribution in [0.15, 0.2) is 66.5 Å². The maximum absolute atomic E-state index is 12.9. The molecule has 1 aliphatic heterocycles. The third kappa shape index (κ3) is 5.93. The molecule has 1 aliphatic rings. The molecular weight excluding hydrogens is 390 g/mol. The first-order chi connectivity index (χ1) is 15.2. The fraction of sp³-hybridized carbons (Fsp3) is 0.333. The molecule has 3 rings (SSSR count). The molecule has 0 aromatic heterocycles. The number of likely N-dealkylation sites (tertiary alicyclic amines) is 1. The second-order valence-corrected chi connectivity index (χ2v) is 7.52. The van der Waals surface area contributed by atoms with Crippen LogP contribution in [0, 0.1) is 5.41 Å². The molecular formula is C24H31N5O2. The van der Waals surface area contributed by atoms with Gasteiger partial charge in [0.25, 0.3) is 0 Å². The van der Waals surface area contributed by atoms with E-state index in [0.717, 1.165) is 25.2 Å². The number of methoxy groups -OCH3 is 1. The zero-order chi connectivity index (χ0) is 22.1. The van der Waals surface area contributed by atoms with Crippen LogP contribution in [0.25, 0.3) is 5.57 Å². The van der Waals surface area contributed by atoms with Crippen molar-refractivity contribution >= 4 is 17.8 Å². The maximum atomic E-state index is 12.9. The van der Waals surface area contributed by atoms with Crippen molar-refractivity contribution in [1.82, 2.24) is 20.9 Å². The molecule has 1 heterocycles. The van der Waals surface area contributed by atoms with Crippen LogP contribution in [0.5, 0.6) is 0 Å². The minimum Gasteiger partial charge on any atom is -0.383 e. The number of rotatable bonds is 9. The highest BCUT2D eigenvalue weighted by Gasteiger charge is 2.34. The first-order valence-corrected chi connectivity index (χ1v) is 10.5. The van der Waals surface area contributed by atoms with Crippen LogP contribution in [0.2, 0.25) is 0 Å². The molecule has 0 aliphatic carbocycles. The van der Waals surface area contributed by atoms with Crippen molar-refractivity contribution in [3.63, 3.8) is 0 Å². The van der Waals surface area contributed by atoms with Gasteiger partial charge in [0.1, 0.15) is 5.82 Å². The van der Waals surface area contributed by atoms with Gasteiger partial charge in [-0.15, -0.1) is 0 Å². The molecule has 7 heteroatoms. The van der Waals surface area contributed by atoms with Gasteiger partial charge < -0.3 is 20.8 Å². The lowest BCUT2D eigenvalue weighted by atomic mass is 9.94. The van der Waals surface area contributed by atoms with Crippen molar-refractivity contribution in [3.05, 3.63) is 77.6 Å². The number of urea groups is 1. The van der Waals surface area contributed by atoms with Crippen molar-refractivity contribution in [2.24, 2.45) is 0 Å². The predicted molar refractivity (Wildman–Crippen MR) is 124 cm³/mol. The Hall–Kier alpha value is -3.16. The molecule has 1 saturated heterocycles. The van der Waals surface area contributed by atoms with Crippen LogP contribution in [-0.4, -0.2) is 63.6 Å². The van der Waals surface area contributed by atoms with Gasteiger partial charge >= 0.3 is 6.03 Å². The molecule has 4 N–H and O–H groups in total. The summed E-state index contributed by atoms with van der Waals surface area (Å²) in [7, 11) is 3.43. The van der Waals surface area contributed by atoms with E-state index < -0.39 is 0 Å². The topological polar surface area (TPSA) is 89.5 Å². The van der Waals surface area contributed by atoms with Crippen molar-refractivity contribution in [2.75, 3.05) is 40.4 Å². The zero-order valence-electron chi connectivity index (χ0n) is 18.1. The van der Waals surface area contributed by atoms with E-state index in [2.05, 4.69) is 33.0 Å². The van der Waals surface area contributed by atoms with Gasteiger partial charge in [0, 0.05) is 51.5 Å². The van der Waals surface area contributed by atoms with Gasteiger partial charge in [0.15, 0.2) is 0 Å². The normalized spacial score (nSPS) is 19.4. The van der Waals surface area contributed by atoms with E-state index in [0.29, 0.717) is 18.0 Å². The van der Waals surface area contributed by atoms with Crippen LogP contribution in [0.1, 0.15) is 17.0 Å². The third-order valence-corrected chi connectivity index (χ3v) is 5.54. The first-order valence-electron chi connectivity index (χ1n) is 10.5. The molecule has 2 amide bonds. The van der Waals surface area contributed by atoms with Gasteiger partial charge in [-0.3, -0.25) is 10.2 Å². The number of amides is 2. The smallest absolute Gasteiger partial charge is 0.320 e. The number of allylic oxidation sites excluding steroid dienone is 1. The predicted octanol–water partition coefficient (Wildman–Crippen LogP) is 2.64. The van der Waals surface area contributed by atoms with Crippen LogP contribution in [0.3, 0.4) is 0 Å². The average Bonchev–Trinajstić information content (AvgIpc) is 3.21. The summed E-state index contributed by atoms with van der Waals surface area (Å²) in [5.74, 6) is 0.686. The number of hydrogen-bond acceptors (Lipinski definition) is 5. The summed E-state index contributed by atoms with van der Waals surface area (Å²) in [6, 6.07) is 19.5. The molecule has 7 nitrogen and oxygen atoms in total. The quantitative estimate of drug-likeness (QED) is 0.469. The molecule has 0 saturated carbocycles. The van der Waals surface area contributed by atoms with Gasteiger partial charge in [0.05, 0.1) is 12.6 Å². The second-order valence-electron chi connectivity index (χ2n) is 7.52. The Bertz CT molecular complexity index is 885. The zero-order valence-corrected chi connectivity index (χ0v) is 18.1. The monoisotopic (exact) mass is 421 g/mol. The lowest BCUT2D eigenvalue weighted by molar-refractivity contribution is 0.159. The lowest BCUT2D eigenvalue weighted by Crippen LogP contribution is -2.46. The summed E-state index contributed by atoms with van der Waals surface area (Å²) in [6.07, 6.45) is 1.25. The summed E-state index contributed by atoms with van der Waals surface area (Å²) in [5, 5.41) is 16.9. The molecule has 1 fully saturated rings. The Morgan fingerprint density at radius 1 is 1.13 bits per heavy atom. The fourth-order valence-corrected chi connectivity index (χ4v) is 3.97. The highest BCUT2D eigenvalue weighted by Crippen LogP contribution is 2.27. The number of nitrogens with one attached hydrogen (secondary N) is 4. The average molecular weight is 422 g/mol. The van der Waals surface area contributed by atoms with Gasteiger partial charge in [-0.25, -0.2) is 4.79 Å². The Labute approximate surface area is 184 Å². The number of carbonyl (C=O) groups is 1.